The minimum Gasteiger partial charge on any atom is -0.493 e. The van der Waals surface area contributed by atoms with Crippen LogP contribution in [0.25, 0.3) is 6.08 Å². The molecule has 1 aliphatic carbocycles. The van der Waals surface area contributed by atoms with Crippen molar-refractivity contribution in [1.29, 1.82) is 0 Å². The predicted octanol–water partition coefficient (Wildman–Crippen LogP) is 4.18. The van der Waals surface area contributed by atoms with Gasteiger partial charge < -0.3 is 14.8 Å². The minimum absolute atomic E-state index is 0.0430. The van der Waals surface area contributed by atoms with Crippen molar-refractivity contribution in [3.05, 3.63) is 54.1 Å². The molecule has 3 rings (SSSR count). The van der Waals surface area contributed by atoms with Crippen LogP contribution < -0.4 is 20.1 Å². The highest BCUT2D eigenvalue weighted by molar-refractivity contribution is 7.89. The van der Waals surface area contributed by atoms with Crippen LogP contribution in [0.3, 0.4) is 0 Å². The van der Waals surface area contributed by atoms with Crippen molar-refractivity contribution in [2.75, 3.05) is 26.6 Å². The van der Waals surface area contributed by atoms with E-state index in [4.69, 9.17) is 21.7 Å². The topological polar surface area (TPSA) is 97.0 Å². The summed E-state index contributed by atoms with van der Waals surface area (Å²) in [6.45, 7) is 0. The largest absolute Gasteiger partial charge is 0.493 e. The van der Waals surface area contributed by atoms with E-state index in [0.717, 1.165) is 37.7 Å². The number of rotatable bonds is 8. The minimum atomic E-state index is -3.57. The van der Waals surface area contributed by atoms with Crippen molar-refractivity contribution in [2.24, 2.45) is 0 Å². The Balaban J connectivity index is 1.56. The molecule has 0 atom stereocenters. The van der Waals surface area contributed by atoms with E-state index in [-0.39, 0.29) is 16.0 Å². The van der Waals surface area contributed by atoms with Gasteiger partial charge >= 0.3 is 0 Å². The number of nitrogens with one attached hydrogen (secondary N) is 2. The lowest BCUT2D eigenvalue weighted by Crippen LogP contribution is -2.38. The van der Waals surface area contributed by atoms with Crippen molar-refractivity contribution >= 4 is 45.0 Å². The smallest absolute Gasteiger partial charge is 0.250 e. The third kappa shape index (κ3) is 7.03. The number of thiocarbonyl (C=S) groups is 1. The molecule has 1 fully saturated rings. The average molecular weight is 518 g/mol. The van der Waals surface area contributed by atoms with Gasteiger partial charge in [-0.05, 0) is 73.1 Å². The van der Waals surface area contributed by atoms with Crippen molar-refractivity contribution in [3.63, 3.8) is 0 Å². The molecule has 2 N–H and O–H groups in total. The molecular weight excluding hydrogens is 486 g/mol. The number of nitrogens with zero attached hydrogens (tertiary/aromatic N) is 1. The Labute approximate surface area is 212 Å². The lowest BCUT2D eigenvalue weighted by Gasteiger charge is -2.30. The van der Waals surface area contributed by atoms with E-state index >= 15 is 0 Å². The first-order valence-corrected chi connectivity index (χ1v) is 13.2. The van der Waals surface area contributed by atoms with Gasteiger partial charge in [0, 0.05) is 24.9 Å². The van der Waals surface area contributed by atoms with Gasteiger partial charge in [-0.25, -0.2) is 8.42 Å². The Kier molecular flexibility index (Phi) is 9.25. The summed E-state index contributed by atoms with van der Waals surface area (Å²) in [5.74, 6) is 0.743. The van der Waals surface area contributed by atoms with E-state index in [9.17, 15) is 13.2 Å². The van der Waals surface area contributed by atoms with Gasteiger partial charge in [-0.2, -0.15) is 4.31 Å². The first kappa shape index (κ1) is 26.7. The number of amides is 1. The van der Waals surface area contributed by atoms with Crippen LogP contribution in [0.5, 0.6) is 11.5 Å². The van der Waals surface area contributed by atoms with Crippen LogP contribution in [-0.4, -0.2) is 51.1 Å². The fourth-order valence-electron chi connectivity index (χ4n) is 3.96. The number of methoxy groups -OCH3 is 2. The van der Waals surface area contributed by atoms with Crippen LogP contribution in [0, 0.1) is 0 Å². The molecule has 2 aromatic rings. The van der Waals surface area contributed by atoms with Gasteiger partial charge in [-0.15, -0.1) is 0 Å². The molecule has 0 spiro atoms. The lowest BCUT2D eigenvalue weighted by atomic mass is 9.96. The Bertz CT molecular complexity index is 1170. The molecule has 1 amide bonds. The Hall–Kier alpha value is -2.95. The van der Waals surface area contributed by atoms with Gasteiger partial charge in [0.1, 0.15) is 0 Å². The summed E-state index contributed by atoms with van der Waals surface area (Å²) in [6.07, 6.45) is 8.04. The van der Waals surface area contributed by atoms with E-state index in [1.807, 2.05) is 0 Å². The highest BCUT2D eigenvalue weighted by Crippen LogP contribution is 2.28. The maximum Gasteiger partial charge on any atom is 0.250 e. The first-order valence-electron chi connectivity index (χ1n) is 11.3. The van der Waals surface area contributed by atoms with E-state index in [0.29, 0.717) is 17.2 Å². The second-order valence-electron chi connectivity index (χ2n) is 8.23. The summed E-state index contributed by atoms with van der Waals surface area (Å²) in [7, 11) is 1.17. The van der Waals surface area contributed by atoms with Gasteiger partial charge in [0.15, 0.2) is 16.6 Å². The lowest BCUT2D eigenvalue weighted by molar-refractivity contribution is -0.115. The zero-order valence-electron chi connectivity index (χ0n) is 20.1. The molecule has 1 saturated carbocycles. The third-order valence-corrected chi connectivity index (χ3v) is 8.08. The summed E-state index contributed by atoms with van der Waals surface area (Å²) in [4.78, 5) is 12.5. The number of anilines is 1. The molecule has 0 saturated heterocycles. The van der Waals surface area contributed by atoms with Crippen molar-refractivity contribution < 1.29 is 22.7 Å². The van der Waals surface area contributed by atoms with Gasteiger partial charge in [-0.3, -0.25) is 10.1 Å². The molecule has 0 aliphatic heterocycles. The summed E-state index contributed by atoms with van der Waals surface area (Å²) in [5, 5.41) is 5.56. The normalized spacial score (nSPS) is 14.6. The summed E-state index contributed by atoms with van der Waals surface area (Å²) in [6, 6.07) is 11.7. The van der Waals surface area contributed by atoms with Gasteiger partial charge in [0.05, 0.1) is 19.1 Å². The van der Waals surface area contributed by atoms with Gasteiger partial charge in [0.2, 0.25) is 15.9 Å². The Morgan fingerprint density at radius 2 is 1.69 bits per heavy atom. The summed E-state index contributed by atoms with van der Waals surface area (Å²) in [5.41, 5.74) is 1.32. The van der Waals surface area contributed by atoms with Crippen LogP contribution in [0.4, 0.5) is 5.69 Å². The monoisotopic (exact) mass is 517 g/mol. The molecule has 10 heteroatoms. The molecule has 0 heterocycles. The molecule has 8 nitrogen and oxygen atoms in total. The number of hydrogen-bond acceptors (Lipinski definition) is 6. The zero-order valence-corrected chi connectivity index (χ0v) is 21.7. The number of ether oxygens (including phenoxy) is 2. The van der Waals surface area contributed by atoms with Gasteiger partial charge in [0.25, 0.3) is 0 Å². The molecule has 0 radical (unpaired) electrons. The predicted molar refractivity (Wildman–Crippen MR) is 141 cm³/mol. The zero-order chi connectivity index (χ0) is 25.4. The third-order valence-electron chi connectivity index (χ3n) is 5.95. The van der Waals surface area contributed by atoms with Crippen LogP contribution in [-0.2, 0) is 14.8 Å². The van der Waals surface area contributed by atoms with Crippen LogP contribution in [0.2, 0.25) is 0 Å². The van der Waals surface area contributed by atoms with Gasteiger partial charge in [-0.1, -0.05) is 25.3 Å². The molecule has 1 aliphatic rings. The van der Waals surface area contributed by atoms with Crippen LogP contribution in [0.15, 0.2) is 53.4 Å². The highest BCUT2D eigenvalue weighted by Gasteiger charge is 2.28. The number of hydrogen-bond donors (Lipinski definition) is 2. The van der Waals surface area contributed by atoms with E-state index in [2.05, 4.69) is 10.6 Å². The molecule has 0 aromatic heterocycles. The van der Waals surface area contributed by atoms with Crippen molar-refractivity contribution in [3.8, 4) is 11.5 Å². The fourth-order valence-corrected chi connectivity index (χ4v) is 5.60. The molecular formula is C25H31N3O5S2. The molecule has 0 bridgehead atoms. The molecule has 188 valence electrons. The highest BCUT2D eigenvalue weighted by atomic mass is 32.2. The molecule has 35 heavy (non-hydrogen) atoms. The second kappa shape index (κ2) is 12.1. The SMILES string of the molecule is COc1ccc(/C=C/C(=O)NC(=S)Nc2ccc(S(=O)(=O)N(C)C3CCCCC3)cc2)cc1OC. The van der Waals surface area contributed by atoms with E-state index in [1.165, 1.54) is 10.4 Å². The van der Waals surface area contributed by atoms with Crippen LogP contribution >= 0.6 is 12.2 Å². The van der Waals surface area contributed by atoms with Crippen molar-refractivity contribution in [2.45, 2.75) is 43.0 Å². The van der Waals surface area contributed by atoms with Crippen LogP contribution in [0.1, 0.15) is 37.7 Å². The standard InChI is InChI=1S/C25H31N3O5S2/c1-28(20-7-5-4-6-8-20)35(30,31)21-13-11-19(12-14-21)26-25(34)27-24(29)16-10-18-9-15-22(32-2)23(17-18)33-3/h9-17,20H,4-8H2,1-3H3,(H2,26,27,29,34)/b16-10+. The number of carbonyl (C=O) groups excluding carboxylic acids is 1. The molecule has 0 unspecified atom stereocenters. The number of sulfonamides is 1. The Morgan fingerprint density at radius 1 is 1.03 bits per heavy atom. The average Bonchev–Trinajstić information content (AvgIpc) is 2.87. The second-order valence-corrected chi connectivity index (χ2v) is 10.6. The fraction of sp³-hybridized carbons (Fsp3) is 0.360. The maximum atomic E-state index is 13.0. The Morgan fingerprint density at radius 3 is 2.31 bits per heavy atom. The summed E-state index contributed by atoms with van der Waals surface area (Å²) >= 11 is 5.21. The molecule has 2 aromatic carbocycles. The maximum absolute atomic E-state index is 13.0. The van der Waals surface area contributed by atoms with Crippen molar-refractivity contribution in [1.82, 2.24) is 9.62 Å². The van der Waals surface area contributed by atoms with E-state index < -0.39 is 15.9 Å². The number of benzene rings is 2. The summed E-state index contributed by atoms with van der Waals surface area (Å²) < 4.78 is 37.9. The number of carbonyl (C=O) groups is 1. The first-order chi connectivity index (χ1) is 16.7. The quantitative estimate of drug-likeness (QED) is 0.400. The van der Waals surface area contributed by atoms with E-state index in [1.54, 1.807) is 69.8 Å².